The van der Waals surface area contributed by atoms with Gasteiger partial charge in [-0.2, -0.15) is 0 Å². The highest BCUT2D eigenvalue weighted by molar-refractivity contribution is 5.88. The Hall–Kier alpha value is -2.29. The molecule has 1 N–H and O–H groups in total. The average molecular weight is 396 g/mol. The molecule has 0 amide bonds. The van der Waals surface area contributed by atoms with Crippen molar-refractivity contribution >= 4 is 16.9 Å². The maximum Gasteiger partial charge on any atom is 0.311 e. The van der Waals surface area contributed by atoms with Gasteiger partial charge in [0.15, 0.2) is 0 Å². The maximum atomic E-state index is 12.1. The highest BCUT2D eigenvalue weighted by Gasteiger charge is 2.08. The van der Waals surface area contributed by atoms with Gasteiger partial charge in [-0.15, -0.1) is 0 Å². The van der Waals surface area contributed by atoms with E-state index in [0.29, 0.717) is 12.2 Å². The first-order valence-electron chi connectivity index (χ1n) is 11.4. The quantitative estimate of drug-likeness (QED) is 0.144. The van der Waals surface area contributed by atoms with Crippen molar-refractivity contribution in [2.75, 3.05) is 0 Å². The van der Waals surface area contributed by atoms with E-state index in [9.17, 15) is 4.79 Å². The highest BCUT2D eigenvalue weighted by Crippen LogP contribution is 2.25. The van der Waals surface area contributed by atoms with Crippen LogP contribution in [0, 0.1) is 0 Å². The zero-order chi connectivity index (χ0) is 20.6. The highest BCUT2D eigenvalue weighted by atomic mass is 16.5. The number of hydrogen-bond acceptors (Lipinski definition) is 2. The maximum absolute atomic E-state index is 12.1. The van der Waals surface area contributed by atoms with Gasteiger partial charge in [0.1, 0.15) is 5.75 Å². The lowest BCUT2D eigenvalue weighted by molar-refractivity contribution is -0.134. The summed E-state index contributed by atoms with van der Waals surface area (Å²) in [5.41, 5.74) is 0.993. The molecule has 0 bridgehead atoms. The van der Waals surface area contributed by atoms with E-state index >= 15 is 0 Å². The van der Waals surface area contributed by atoms with E-state index in [0.717, 1.165) is 36.6 Å². The number of benzene rings is 1. The number of rotatable bonds is 15. The van der Waals surface area contributed by atoms with Gasteiger partial charge in [0.2, 0.25) is 0 Å². The van der Waals surface area contributed by atoms with Crippen LogP contribution in [0.4, 0.5) is 0 Å². The van der Waals surface area contributed by atoms with Crippen LogP contribution in [0.15, 0.2) is 54.8 Å². The van der Waals surface area contributed by atoms with Crippen molar-refractivity contribution in [1.82, 2.24) is 4.98 Å². The zero-order valence-corrected chi connectivity index (χ0v) is 18.0. The predicted molar refractivity (Wildman–Crippen MR) is 123 cm³/mol. The van der Waals surface area contributed by atoms with Crippen LogP contribution < -0.4 is 4.74 Å². The lowest BCUT2D eigenvalue weighted by atomic mass is 10.1. The Balaban J connectivity index is 1.44. The van der Waals surface area contributed by atoms with Crippen molar-refractivity contribution in [1.29, 1.82) is 0 Å². The second-order valence-electron chi connectivity index (χ2n) is 7.65. The Kier molecular flexibility index (Phi) is 11.6. The molecule has 0 saturated heterocycles. The number of nitrogens with one attached hydrogen (secondary N) is 1. The van der Waals surface area contributed by atoms with Crippen LogP contribution in [0.3, 0.4) is 0 Å². The van der Waals surface area contributed by atoms with Crippen molar-refractivity contribution in [3.63, 3.8) is 0 Å². The van der Waals surface area contributed by atoms with Crippen molar-refractivity contribution in [2.45, 2.75) is 84.0 Å². The fraction of sp³-hybridized carbons (Fsp3) is 0.500. The zero-order valence-electron chi connectivity index (χ0n) is 18.0. The van der Waals surface area contributed by atoms with Crippen LogP contribution in [-0.2, 0) is 4.79 Å². The van der Waals surface area contributed by atoms with E-state index in [4.69, 9.17) is 4.74 Å². The van der Waals surface area contributed by atoms with Crippen LogP contribution in [0.2, 0.25) is 0 Å². The first-order valence-corrected chi connectivity index (χ1v) is 11.4. The van der Waals surface area contributed by atoms with Crippen LogP contribution >= 0.6 is 0 Å². The molecule has 1 aromatic carbocycles. The number of H-pyrrole nitrogens is 1. The van der Waals surface area contributed by atoms with Gasteiger partial charge >= 0.3 is 5.97 Å². The number of aromatic nitrogens is 1. The number of allylic oxidation sites excluding steroid dienone is 4. The topological polar surface area (TPSA) is 42.1 Å². The van der Waals surface area contributed by atoms with E-state index in [1.54, 1.807) is 0 Å². The summed E-state index contributed by atoms with van der Waals surface area (Å²) < 4.78 is 5.53. The molecule has 0 spiro atoms. The lowest BCUT2D eigenvalue weighted by Gasteiger charge is -2.05. The molecule has 158 valence electrons. The molecule has 0 fully saturated rings. The second kappa shape index (κ2) is 14.7. The molecule has 0 aliphatic carbocycles. The van der Waals surface area contributed by atoms with E-state index in [1.165, 1.54) is 44.9 Å². The number of unbranched alkanes of at least 4 members (excludes halogenated alkanes) is 8. The number of esters is 1. The average Bonchev–Trinajstić information content (AvgIpc) is 3.21. The summed E-state index contributed by atoms with van der Waals surface area (Å²) in [5, 5.41) is 0.959. The summed E-state index contributed by atoms with van der Waals surface area (Å²) in [6.07, 6.45) is 24.6. The molecule has 0 aliphatic heterocycles. The lowest BCUT2D eigenvalue weighted by Crippen LogP contribution is -2.07. The molecule has 1 heterocycles. The molecule has 29 heavy (non-hydrogen) atoms. The Labute approximate surface area is 176 Å². The van der Waals surface area contributed by atoms with Gasteiger partial charge in [-0.1, -0.05) is 69.4 Å². The number of hydrogen-bond donors (Lipinski definition) is 1. The van der Waals surface area contributed by atoms with Gasteiger partial charge in [-0.05, 0) is 56.7 Å². The van der Waals surface area contributed by atoms with Crippen LogP contribution in [0.5, 0.6) is 5.75 Å². The normalized spacial score (nSPS) is 11.8. The van der Waals surface area contributed by atoms with Gasteiger partial charge in [0.05, 0.1) is 0 Å². The Morgan fingerprint density at radius 2 is 1.62 bits per heavy atom. The van der Waals surface area contributed by atoms with Crippen LogP contribution in [-0.4, -0.2) is 11.0 Å². The first-order chi connectivity index (χ1) is 14.3. The van der Waals surface area contributed by atoms with Crippen molar-refractivity contribution in [2.24, 2.45) is 0 Å². The standard InChI is InChI=1S/C26H37NO2/c1-2-3-4-5-6-7-8-9-10-11-12-13-14-15-16-20-26(28)29-25-19-17-18-24-23(25)21-22-27-24/h6-7,9-10,17-19,21-22,27H,2-5,8,11-16,20H2,1H3/b7-6-,10-9-. The van der Waals surface area contributed by atoms with Gasteiger partial charge in [0.25, 0.3) is 0 Å². The van der Waals surface area contributed by atoms with Gasteiger partial charge in [-0.3, -0.25) is 4.79 Å². The molecule has 2 aromatic rings. The third kappa shape index (κ3) is 9.65. The second-order valence-corrected chi connectivity index (χ2v) is 7.65. The van der Waals surface area contributed by atoms with E-state index < -0.39 is 0 Å². The number of carbonyl (C=O) groups is 1. The van der Waals surface area contributed by atoms with Gasteiger partial charge in [0, 0.05) is 23.5 Å². The van der Waals surface area contributed by atoms with E-state index in [-0.39, 0.29) is 5.97 Å². The monoisotopic (exact) mass is 395 g/mol. The summed E-state index contributed by atoms with van der Waals surface area (Å²) in [5.74, 6) is 0.515. The van der Waals surface area contributed by atoms with Crippen molar-refractivity contribution in [3.05, 3.63) is 54.8 Å². The number of aromatic amines is 1. The summed E-state index contributed by atoms with van der Waals surface area (Å²) >= 11 is 0. The summed E-state index contributed by atoms with van der Waals surface area (Å²) in [7, 11) is 0. The summed E-state index contributed by atoms with van der Waals surface area (Å²) in [4.78, 5) is 15.2. The predicted octanol–water partition coefficient (Wildman–Crippen LogP) is 7.89. The summed E-state index contributed by atoms with van der Waals surface area (Å²) in [6, 6.07) is 7.67. The molecular formula is C26H37NO2. The minimum absolute atomic E-state index is 0.135. The SMILES string of the molecule is CCCCC/C=C\C/C=C\CCCCCCCC(=O)Oc1cccc2[nH]ccc12. The number of fused-ring (bicyclic) bond motifs is 1. The first kappa shape index (κ1) is 23.0. The Morgan fingerprint density at radius 1 is 0.897 bits per heavy atom. The molecule has 0 saturated carbocycles. The van der Waals surface area contributed by atoms with Crippen LogP contribution in [0.25, 0.3) is 10.9 Å². The molecule has 3 nitrogen and oxygen atoms in total. The smallest absolute Gasteiger partial charge is 0.311 e. The third-order valence-electron chi connectivity index (χ3n) is 5.11. The van der Waals surface area contributed by atoms with Crippen molar-refractivity contribution in [3.8, 4) is 5.75 Å². The molecule has 0 aliphatic rings. The van der Waals surface area contributed by atoms with Crippen LogP contribution in [0.1, 0.15) is 84.0 Å². The fourth-order valence-corrected chi connectivity index (χ4v) is 3.40. The fourth-order valence-electron chi connectivity index (χ4n) is 3.40. The van der Waals surface area contributed by atoms with Gasteiger partial charge < -0.3 is 9.72 Å². The Morgan fingerprint density at radius 3 is 2.41 bits per heavy atom. The minimum atomic E-state index is -0.135. The molecule has 2 rings (SSSR count). The molecule has 0 atom stereocenters. The Bertz CT molecular complexity index is 757. The van der Waals surface area contributed by atoms with E-state index in [2.05, 4.69) is 36.2 Å². The molecule has 0 radical (unpaired) electrons. The number of ether oxygens (including phenoxy) is 1. The molecule has 0 unspecified atom stereocenters. The van der Waals surface area contributed by atoms with Gasteiger partial charge in [-0.25, -0.2) is 0 Å². The minimum Gasteiger partial charge on any atom is -0.426 e. The van der Waals surface area contributed by atoms with Crippen molar-refractivity contribution < 1.29 is 9.53 Å². The molecule has 1 aromatic heterocycles. The molecule has 3 heteroatoms. The third-order valence-corrected chi connectivity index (χ3v) is 5.11. The largest absolute Gasteiger partial charge is 0.426 e. The summed E-state index contributed by atoms with van der Waals surface area (Å²) in [6.45, 7) is 2.24. The van der Waals surface area contributed by atoms with E-state index in [1.807, 2.05) is 30.5 Å². The number of carbonyl (C=O) groups excluding carboxylic acids is 1. The molecular weight excluding hydrogens is 358 g/mol.